The van der Waals surface area contributed by atoms with Crippen molar-refractivity contribution in [3.05, 3.63) is 139 Å². The fourth-order valence-corrected chi connectivity index (χ4v) is 6.27. The summed E-state index contributed by atoms with van der Waals surface area (Å²) in [5.74, 6) is -0.288. The first-order valence-electron chi connectivity index (χ1n) is 11.1. The second-order valence-corrected chi connectivity index (χ2v) is 9.87. The van der Waals surface area contributed by atoms with E-state index in [1.54, 1.807) is 0 Å². The van der Waals surface area contributed by atoms with Crippen LogP contribution in [0.5, 0.6) is 0 Å². The molecule has 0 fully saturated rings. The highest BCUT2D eigenvalue weighted by Gasteiger charge is 2.24. The molecule has 0 amide bonds. The van der Waals surface area contributed by atoms with Gasteiger partial charge in [-0.25, -0.2) is 4.79 Å². The summed E-state index contributed by atoms with van der Waals surface area (Å²) in [4.78, 5) is 13.5. The summed E-state index contributed by atoms with van der Waals surface area (Å²) in [6, 6.07) is 38.8. The Balaban J connectivity index is 1.68. The number of ether oxygens (including phenoxy) is 1. The highest BCUT2D eigenvalue weighted by atomic mass is 31.1. The van der Waals surface area contributed by atoms with Gasteiger partial charge in [-0.1, -0.05) is 115 Å². The van der Waals surface area contributed by atoms with E-state index in [0.29, 0.717) is 12.0 Å². The lowest BCUT2D eigenvalue weighted by Gasteiger charge is -2.22. The molecule has 0 saturated carbocycles. The average Bonchev–Trinajstić information content (AvgIpc) is 2.87. The quantitative estimate of drug-likeness (QED) is 0.193. The molecule has 0 saturated heterocycles. The van der Waals surface area contributed by atoms with Gasteiger partial charge in [0.15, 0.2) is 0 Å². The minimum Gasteiger partial charge on any atom is -0.454 e. The molecule has 4 aromatic carbocycles. The highest BCUT2D eigenvalue weighted by Crippen LogP contribution is 2.34. The minimum atomic E-state index is -0.899. The molecule has 1 atom stereocenters. The van der Waals surface area contributed by atoms with E-state index in [0.717, 1.165) is 10.9 Å². The van der Waals surface area contributed by atoms with Crippen LogP contribution in [0, 0.1) is 0 Å². The molecule has 0 bridgehead atoms. The number of carbonyl (C=O) groups is 1. The Bertz CT molecular complexity index is 1150. The van der Waals surface area contributed by atoms with Crippen molar-refractivity contribution in [2.24, 2.45) is 0 Å². The van der Waals surface area contributed by atoms with Gasteiger partial charge >= 0.3 is 5.97 Å². The van der Waals surface area contributed by atoms with Crippen LogP contribution in [0.4, 0.5) is 0 Å². The molecular formula is C30H27O2P. The number of hydrogen-bond donors (Lipinski definition) is 0. The van der Waals surface area contributed by atoms with E-state index in [-0.39, 0.29) is 12.1 Å². The first kappa shape index (κ1) is 22.7. The lowest BCUT2D eigenvalue weighted by atomic mass is 10.1. The lowest BCUT2D eigenvalue weighted by Crippen LogP contribution is -2.27. The second kappa shape index (κ2) is 11.4. The maximum atomic E-state index is 13.5. The van der Waals surface area contributed by atoms with E-state index in [1.807, 2.05) is 67.6 Å². The topological polar surface area (TPSA) is 26.3 Å². The van der Waals surface area contributed by atoms with Crippen molar-refractivity contribution in [2.75, 3.05) is 0 Å². The maximum absolute atomic E-state index is 13.5. The van der Waals surface area contributed by atoms with Crippen molar-refractivity contribution in [1.82, 2.24) is 0 Å². The van der Waals surface area contributed by atoms with E-state index < -0.39 is 7.92 Å². The van der Waals surface area contributed by atoms with Gasteiger partial charge in [0, 0.05) is 6.42 Å². The molecular weight excluding hydrogens is 423 g/mol. The summed E-state index contributed by atoms with van der Waals surface area (Å²) in [7, 11) is -0.899. The van der Waals surface area contributed by atoms with Gasteiger partial charge in [-0.3, -0.25) is 0 Å². The summed E-state index contributed by atoms with van der Waals surface area (Å²) in [5.41, 5.74) is 1.76. The lowest BCUT2D eigenvalue weighted by molar-refractivity contribution is 0.0397. The normalized spacial score (nSPS) is 12.1. The van der Waals surface area contributed by atoms with Gasteiger partial charge in [0.25, 0.3) is 0 Å². The molecule has 0 spiro atoms. The predicted molar refractivity (Wildman–Crippen MR) is 139 cm³/mol. The van der Waals surface area contributed by atoms with E-state index >= 15 is 0 Å². The van der Waals surface area contributed by atoms with Gasteiger partial charge in [-0.15, -0.1) is 0 Å². The van der Waals surface area contributed by atoms with Crippen molar-refractivity contribution in [3.63, 3.8) is 0 Å². The molecule has 164 valence electrons. The first-order chi connectivity index (χ1) is 16.3. The molecule has 0 aliphatic rings. The summed E-state index contributed by atoms with van der Waals surface area (Å²) in [6.45, 7) is 1.95. The van der Waals surface area contributed by atoms with Crippen molar-refractivity contribution in [1.29, 1.82) is 0 Å². The van der Waals surface area contributed by atoms with E-state index in [9.17, 15) is 4.79 Å². The Morgan fingerprint density at radius 1 is 0.758 bits per heavy atom. The standard InChI is InChI=1S/C30H27O2P/c1-2-14-25(23-24-15-6-3-7-16-24)32-30(31)28-21-12-13-22-29(28)33(26-17-8-4-9-18-26)27-19-10-5-11-20-27/h2-22,25H,23H2,1H3/b14-2+. The largest absolute Gasteiger partial charge is 0.454 e. The molecule has 0 radical (unpaired) electrons. The van der Waals surface area contributed by atoms with Crippen LogP contribution in [-0.4, -0.2) is 12.1 Å². The Labute approximate surface area is 197 Å². The Morgan fingerprint density at radius 2 is 1.27 bits per heavy atom. The van der Waals surface area contributed by atoms with Crippen LogP contribution in [0.2, 0.25) is 0 Å². The van der Waals surface area contributed by atoms with Gasteiger partial charge < -0.3 is 4.74 Å². The zero-order valence-corrected chi connectivity index (χ0v) is 19.6. The van der Waals surface area contributed by atoms with Crippen LogP contribution in [0.25, 0.3) is 0 Å². The third kappa shape index (κ3) is 5.86. The number of carbonyl (C=O) groups excluding carboxylic acids is 1. The minimum absolute atomic E-state index is 0.288. The molecule has 0 aromatic heterocycles. The van der Waals surface area contributed by atoms with Crippen molar-refractivity contribution in [3.8, 4) is 0 Å². The maximum Gasteiger partial charge on any atom is 0.339 e. The third-order valence-corrected chi connectivity index (χ3v) is 7.84. The smallest absolute Gasteiger partial charge is 0.339 e. The number of allylic oxidation sites excluding steroid dienone is 1. The summed E-state index contributed by atoms with van der Waals surface area (Å²) >= 11 is 0. The molecule has 33 heavy (non-hydrogen) atoms. The number of benzene rings is 4. The third-order valence-electron chi connectivity index (χ3n) is 5.34. The molecule has 4 rings (SSSR count). The molecule has 0 aliphatic heterocycles. The summed E-state index contributed by atoms with van der Waals surface area (Å²) in [5, 5.41) is 3.41. The fraction of sp³-hybridized carbons (Fsp3) is 0.100. The van der Waals surface area contributed by atoms with Crippen LogP contribution in [0.15, 0.2) is 127 Å². The molecule has 0 heterocycles. The molecule has 2 nitrogen and oxygen atoms in total. The number of rotatable bonds is 8. The van der Waals surface area contributed by atoms with Crippen molar-refractivity contribution in [2.45, 2.75) is 19.4 Å². The number of esters is 1. The van der Waals surface area contributed by atoms with Gasteiger partial charge in [0.2, 0.25) is 0 Å². The zero-order valence-electron chi connectivity index (χ0n) is 18.7. The van der Waals surface area contributed by atoms with Crippen LogP contribution >= 0.6 is 7.92 Å². The molecule has 0 aliphatic carbocycles. The molecule has 3 heteroatoms. The van der Waals surface area contributed by atoms with Crippen LogP contribution < -0.4 is 15.9 Å². The van der Waals surface area contributed by atoms with E-state index in [4.69, 9.17) is 4.74 Å². The number of hydrogen-bond acceptors (Lipinski definition) is 2. The van der Waals surface area contributed by atoms with Crippen molar-refractivity contribution >= 4 is 29.8 Å². The molecule has 0 N–H and O–H groups in total. The zero-order chi connectivity index (χ0) is 22.9. The second-order valence-electron chi connectivity index (χ2n) is 7.68. The van der Waals surface area contributed by atoms with Gasteiger partial charge in [-0.2, -0.15) is 0 Å². The first-order valence-corrected chi connectivity index (χ1v) is 12.5. The van der Waals surface area contributed by atoms with Crippen LogP contribution in [0.1, 0.15) is 22.8 Å². The van der Waals surface area contributed by atoms with Gasteiger partial charge in [-0.05, 0) is 48.5 Å². The molecule has 1 unspecified atom stereocenters. The van der Waals surface area contributed by atoms with E-state index in [1.165, 1.54) is 10.6 Å². The summed E-state index contributed by atoms with van der Waals surface area (Å²) in [6.07, 6.45) is 4.21. The SMILES string of the molecule is C/C=C/C(Cc1ccccc1)OC(=O)c1ccccc1P(c1ccccc1)c1ccccc1. The highest BCUT2D eigenvalue weighted by molar-refractivity contribution is 7.80. The predicted octanol–water partition coefficient (Wildman–Crippen LogP) is 5.79. The van der Waals surface area contributed by atoms with Crippen LogP contribution in [0.3, 0.4) is 0 Å². The Morgan fingerprint density at radius 3 is 1.85 bits per heavy atom. The fourth-order valence-electron chi connectivity index (χ4n) is 3.83. The Kier molecular flexibility index (Phi) is 7.85. The van der Waals surface area contributed by atoms with E-state index in [2.05, 4.69) is 66.7 Å². The molecule has 4 aromatic rings. The van der Waals surface area contributed by atoms with Crippen LogP contribution in [-0.2, 0) is 11.2 Å². The average molecular weight is 451 g/mol. The van der Waals surface area contributed by atoms with Crippen molar-refractivity contribution < 1.29 is 9.53 Å². The monoisotopic (exact) mass is 450 g/mol. The van der Waals surface area contributed by atoms with Gasteiger partial charge in [0.05, 0.1) is 5.56 Å². The van der Waals surface area contributed by atoms with Gasteiger partial charge in [0.1, 0.15) is 6.10 Å². The summed E-state index contributed by atoms with van der Waals surface area (Å²) < 4.78 is 6.03. The Hall–Kier alpha value is -3.48.